The Morgan fingerprint density at radius 2 is 2.07 bits per heavy atom. The van der Waals surface area contributed by atoms with Crippen molar-refractivity contribution in [2.75, 3.05) is 0 Å². The summed E-state index contributed by atoms with van der Waals surface area (Å²) in [5.74, 6) is 0.0605. The minimum absolute atomic E-state index is 0.506. The summed E-state index contributed by atoms with van der Waals surface area (Å²) in [4.78, 5) is 0. The van der Waals surface area contributed by atoms with Gasteiger partial charge in [-0.1, -0.05) is 24.3 Å². The van der Waals surface area contributed by atoms with Crippen molar-refractivity contribution < 1.29 is 12.3 Å². The highest BCUT2D eigenvalue weighted by molar-refractivity contribution is 7.85. The van der Waals surface area contributed by atoms with Gasteiger partial charge in [-0.2, -0.15) is 8.42 Å². The van der Waals surface area contributed by atoms with Gasteiger partial charge < -0.3 is 0 Å². The van der Waals surface area contributed by atoms with Crippen molar-refractivity contribution >= 4 is 10.2 Å². The Bertz CT molecular complexity index is 435. The van der Waals surface area contributed by atoms with E-state index < -0.39 is 16.0 Å². The first-order valence-electron chi connectivity index (χ1n) is 4.56. The molecular weight excluding hydrogens is 203 g/mol. The maximum Gasteiger partial charge on any atom is 0.306 e. The van der Waals surface area contributed by atoms with E-state index in [0.29, 0.717) is 11.5 Å². The third-order valence-corrected chi connectivity index (χ3v) is 3.02. The molecule has 1 fully saturated rings. The summed E-state index contributed by atoms with van der Waals surface area (Å²) in [6, 6.07) is 7.18. The lowest BCUT2D eigenvalue weighted by atomic mass is 10.1. The summed E-state index contributed by atoms with van der Waals surface area (Å²) in [6.45, 7) is 0. The van der Waals surface area contributed by atoms with Gasteiger partial charge in [0.05, 0.1) is 0 Å². The smallest absolute Gasteiger partial charge is 0.194 e. The van der Waals surface area contributed by atoms with Crippen LogP contribution in [0.5, 0.6) is 0 Å². The highest BCUT2D eigenvalue weighted by Gasteiger charge is 2.23. The number of benzene rings is 1. The molecule has 76 valence electrons. The van der Waals surface area contributed by atoms with Gasteiger partial charge in [0, 0.05) is 0 Å². The molecule has 2 nitrogen and oxygen atoms in total. The summed E-state index contributed by atoms with van der Waals surface area (Å²) in [7, 11) is -4.40. The van der Waals surface area contributed by atoms with Crippen LogP contribution in [0.4, 0.5) is 3.89 Å². The number of rotatable bonds is 3. The Morgan fingerprint density at radius 3 is 2.64 bits per heavy atom. The SMILES string of the molecule is O=S(=O)(F)Cc1cccc(C2CC2)c1. The van der Waals surface area contributed by atoms with Crippen LogP contribution < -0.4 is 0 Å². The van der Waals surface area contributed by atoms with Crippen molar-refractivity contribution in [1.82, 2.24) is 0 Å². The molecule has 0 N–H and O–H groups in total. The maximum absolute atomic E-state index is 12.4. The second-order valence-electron chi connectivity index (χ2n) is 3.70. The molecule has 4 heteroatoms. The Labute approximate surface area is 83.0 Å². The van der Waals surface area contributed by atoms with Crippen LogP contribution >= 0.6 is 0 Å². The molecule has 0 amide bonds. The first-order valence-corrected chi connectivity index (χ1v) is 6.11. The average molecular weight is 214 g/mol. The van der Waals surface area contributed by atoms with Crippen molar-refractivity contribution in [3.63, 3.8) is 0 Å². The second-order valence-corrected chi connectivity index (χ2v) is 5.07. The van der Waals surface area contributed by atoms with E-state index in [1.165, 1.54) is 0 Å². The van der Waals surface area contributed by atoms with Gasteiger partial charge in [-0.05, 0) is 29.9 Å². The molecule has 1 aliphatic carbocycles. The number of hydrogen-bond donors (Lipinski definition) is 0. The Hall–Kier alpha value is -0.900. The van der Waals surface area contributed by atoms with Crippen LogP contribution in [-0.2, 0) is 16.0 Å². The molecule has 0 radical (unpaired) electrons. The lowest BCUT2D eigenvalue weighted by molar-refractivity contribution is 0.551. The molecule has 2 rings (SSSR count). The van der Waals surface area contributed by atoms with Crippen LogP contribution in [0.1, 0.15) is 29.9 Å². The molecule has 14 heavy (non-hydrogen) atoms. The topological polar surface area (TPSA) is 34.1 Å². The van der Waals surface area contributed by atoms with Gasteiger partial charge in [-0.25, -0.2) is 0 Å². The van der Waals surface area contributed by atoms with Crippen molar-refractivity contribution in [2.45, 2.75) is 24.5 Å². The Balaban J connectivity index is 2.21. The summed E-state index contributed by atoms with van der Waals surface area (Å²) in [6.07, 6.45) is 2.32. The number of hydrogen-bond acceptors (Lipinski definition) is 2. The predicted molar refractivity (Wildman–Crippen MR) is 52.1 cm³/mol. The average Bonchev–Trinajstić information content (AvgIpc) is 2.83. The minimum atomic E-state index is -4.40. The highest BCUT2D eigenvalue weighted by Crippen LogP contribution is 2.40. The third-order valence-electron chi connectivity index (χ3n) is 2.34. The van der Waals surface area contributed by atoms with Gasteiger partial charge >= 0.3 is 10.2 Å². The summed E-state index contributed by atoms with van der Waals surface area (Å²) < 4.78 is 33.3. The van der Waals surface area contributed by atoms with Crippen LogP contribution in [0.3, 0.4) is 0 Å². The lowest BCUT2D eigenvalue weighted by Crippen LogP contribution is -1.96. The van der Waals surface area contributed by atoms with Crippen LogP contribution in [0.2, 0.25) is 0 Å². The molecule has 0 aromatic heterocycles. The normalized spacial score (nSPS) is 16.9. The van der Waals surface area contributed by atoms with E-state index in [4.69, 9.17) is 0 Å². The molecule has 0 spiro atoms. The van der Waals surface area contributed by atoms with Crippen LogP contribution in [0.15, 0.2) is 24.3 Å². The van der Waals surface area contributed by atoms with E-state index in [-0.39, 0.29) is 0 Å². The second kappa shape index (κ2) is 3.35. The fraction of sp³-hybridized carbons (Fsp3) is 0.400. The molecule has 0 aliphatic heterocycles. The fourth-order valence-corrected chi connectivity index (χ4v) is 2.13. The van der Waals surface area contributed by atoms with E-state index in [1.54, 1.807) is 18.2 Å². The molecule has 1 saturated carbocycles. The summed E-state index contributed by atoms with van der Waals surface area (Å²) >= 11 is 0. The molecule has 1 aromatic rings. The van der Waals surface area contributed by atoms with Crippen molar-refractivity contribution in [1.29, 1.82) is 0 Å². The van der Waals surface area contributed by atoms with E-state index in [9.17, 15) is 12.3 Å². The van der Waals surface area contributed by atoms with Crippen LogP contribution in [-0.4, -0.2) is 8.42 Å². The maximum atomic E-state index is 12.4. The van der Waals surface area contributed by atoms with E-state index >= 15 is 0 Å². The third kappa shape index (κ3) is 2.54. The van der Waals surface area contributed by atoms with E-state index in [1.807, 2.05) is 6.07 Å². The lowest BCUT2D eigenvalue weighted by Gasteiger charge is -2.01. The van der Waals surface area contributed by atoms with Crippen molar-refractivity contribution in [2.24, 2.45) is 0 Å². The molecule has 0 bridgehead atoms. The molecule has 0 atom stereocenters. The van der Waals surface area contributed by atoms with E-state index in [0.717, 1.165) is 18.4 Å². The van der Waals surface area contributed by atoms with Gasteiger partial charge in [0.2, 0.25) is 0 Å². The highest BCUT2D eigenvalue weighted by atomic mass is 32.3. The fourth-order valence-electron chi connectivity index (χ4n) is 1.55. The first kappa shape index (κ1) is 9.65. The quantitative estimate of drug-likeness (QED) is 0.724. The number of halogens is 1. The van der Waals surface area contributed by atoms with Crippen molar-refractivity contribution in [3.8, 4) is 0 Å². The standard InChI is InChI=1S/C10H11FO2S/c11-14(12,13)7-8-2-1-3-10(6-8)9-4-5-9/h1-3,6,9H,4-5,7H2. The molecule has 1 aromatic carbocycles. The molecule has 0 unspecified atom stereocenters. The van der Waals surface area contributed by atoms with Crippen LogP contribution in [0, 0.1) is 0 Å². The van der Waals surface area contributed by atoms with Gasteiger partial charge in [0.25, 0.3) is 0 Å². The molecule has 0 saturated heterocycles. The Kier molecular flexibility index (Phi) is 2.31. The van der Waals surface area contributed by atoms with Crippen molar-refractivity contribution in [3.05, 3.63) is 35.4 Å². The zero-order chi connectivity index (χ0) is 10.2. The molecular formula is C10H11FO2S. The minimum Gasteiger partial charge on any atom is -0.194 e. The van der Waals surface area contributed by atoms with E-state index in [2.05, 4.69) is 0 Å². The zero-order valence-corrected chi connectivity index (χ0v) is 8.43. The first-order chi connectivity index (χ1) is 6.54. The van der Waals surface area contributed by atoms with Crippen LogP contribution in [0.25, 0.3) is 0 Å². The summed E-state index contributed by atoms with van der Waals surface area (Å²) in [5, 5.41) is 0. The Morgan fingerprint density at radius 1 is 1.36 bits per heavy atom. The summed E-state index contributed by atoms with van der Waals surface area (Å²) in [5.41, 5.74) is 1.67. The molecule has 1 aliphatic rings. The van der Waals surface area contributed by atoms with Gasteiger partial charge in [-0.3, -0.25) is 0 Å². The van der Waals surface area contributed by atoms with Gasteiger partial charge in [0.1, 0.15) is 5.75 Å². The zero-order valence-electron chi connectivity index (χ0n) is 7.61. The van der Waals surface area contributed by atoms with Gasteiger partial charge in [-0.15, -0.1) is 3.89 Å². The predicted octanol–water partition coefficient (Wildman–Crippen LogP) is 2.36. The largest absolute Gasteiger partial charge is 0.306 e. The monoisotopic (exact) mass is 214 g/mol. The van der Waals surface area contributed by atoms with Gasteiger partial charge in [0.15, 0.2) is 0 Å². The molecule has 0 heterocycles.